The van der Waals surface area contributed by atoms with Crippen molar-refractivity contribution in [2.45, 2.75) is 19.4 Å². The van der Waals surface area contributed by atoms with Gasteiger partial charge in [-0.2, -0.15) is 0 Å². The predicted molar refractivity (Wildman–Crippen MR) is 78.6 cm³/mol. The summed E-state index contributed by atoms with van der Waals surface area (Å²) in [7, 11) is 0. The number of aliphatic hydroxyl groups excluding tert-OH is 1. The number of aromatic hydroxyl groups is 1. The molecule has 0 spiro atoms. The van der Waals surface area contributed by atoms with E-state index >= 15 is 0 Å². The molecule has 1 fully saturated rings. The molecule has 100 valence electrons. The van der Waals surface area contributed by atoms with Crippen molar-refractivity contribution in [3.63, 3.8) is 0 Å². The van der Waals surface area contributed by atoms with E-state index in [9.17, 15) is 5.11 Å². The molecule has 1 aliphatic rings. The Morgan fingerprint density at radius 1 is 1.17 bits per heavy atom. The maximum absolute atomic E-state index is 9.93. The first-order valence-corrected chi connectivity index (χ1v) is 7.69. The first kappa shape index (κ1) is 14.3. The molecule has 18 heavy (non-hydrogen) atoms. The van der Waals surface area contributed by atoms with Crippen molar-refractivity contribution in [1.29, 1.82) is 0 Å². The fourth-order valence-electron chi connectivity index (χ4n) is 2.27. The van der Waals surface area contributed by atoms with Gasteiger partial charge in [0.25, 0.3) is 0 Å². The van der Waals surface area contributed by atoms with E-state index < -0.39 is 0 Å². The number of phenols is 1. The van der Waals surface area contributed by atoms with Crippen LogP contribution in [0.5, 0.6) is 5.75 Å². The van der Waals surface area contributed by atoms with E-state index in [2.05, 4.69) is 36.8 Å². The van der Waals surface area contributed by atoms with Crippen LogP contribution in [0.2, 0.25) is 0 Å². The second-order valence-electron chi connectivity index (χ2n) is 4.80. The number of rotatable bonds is 3. The number of phenolic OH excluding ortho intramolecular Hbond substituents is 1. The van der Waals surface area contributed by atoms with Crippen molar-refractivity contribution in [2.75, 3.05) is 19.7 Å². The van der Waals surface area contributed by atoms with Crippen LogP contribution in [0.3, 0.4) is 0 Å². The van der Waals surface area contributed by atoms with Gasteiger partial charge in [-0.05, 0) is 75.8 Å². The molecule has 1 saturated heterocycles. The van der Waals surface area contributed by atoms with Crippen molar-refractivity contribution in [2.24, 2.45) is 5.92 Å². The number of aliphatic hydroxyl groups is 1. The molecule has 1 aliphatic heterocycles. The zero-order chi connectivity index (χ0) is 13.1. The van der Waals surface area contributed by atoms with Crippen molar-refractivity contribution in [3.8, 4) is 5.75 Å². The fourth-order valence-corrected chi connectivity index (χ4v) is 2.99. The van der Waals surface area contributed by atoms with Crippen molar-refractivity contribution < 1.29 is 10.2 Å². The third-order valence-electron chi connectivity index (χ3n) is 3.48. The summed E-state index contributed by atoms with van der Waals surface area (Å²) >= 11 is 6.83. The molecule has 2 N–H and O–H groups in total. The molecular weight excluding hydrogens is 362 g/mol. The molecule has 0 aromatic heterocycles. The third kappa shape index (κ3) is 3.47. The Balaban J connectivity index is 2.00. The highest BCUT2D eigenvalue weighted by Crippen LogP contribution is 2.31. The lowest BCUT2D eigenvalue weighted by molar-refractivity contribution is 0.127. The Hall–Kier alpha value is -0.100. The average molecular weight is 379 g/mol. The largest absolute Gasteiger partial charge is 0.508 e. The molecule has 0 atom stereocenters. The molecule has 0 aliphatic carbocycles. The van der Waals surface area contributed by atoms with Crippen LogP contribution in [0, 0.1) is 5.92 Å². The monoisotopic (exact) mass is 377 g/mol. The smallest absolute Gasteiger partial charge is 0.121 e. The summed E-state index contributed by atoms with van der Waals surface area (Å²) < 4.78 is 1.82. The molecule has 0 radical (unpaired) electrons. The van der Waals surface area contributed by atoms with Gasteiger partial charge in [0.2, 0.25) is 0 Å². The third-order valence-corrected chi connectivity index (χ3v) is 5.33. The zero-order valence-corrected chi connectivity index (χ0v) is 13.2. The highest BCUT2D eigenvalue weighted by Gasteiger charge is 2.19. The number of nitrogens with zero attached hydrogens (tertiary/aromatic N) is 1. The van der Waals surface area contributed by atoms with Crippen LogP contribution in [0.4, 0.5) is 0 Å². The number of likely N-dealkylation sites (tertiary alicyclic amines) is 1. The standard InChI is InChI=1S/C13H17Br2NO2/c14-11-5-10(13(18)6-12(11)15)7-16-3-1-9(8-17)2-4-16/h5-6,9,17-18H,1-4,7-8H2. The van der Waals surface area contributed by atoms with Gasteiger partial charge >= 0.3 is 0 Å². The van der Waals surface area contributed by atoms with Crippen LogP contribution in [0.1, 0.15) is 18.4 Å². The average Bonchev–Trinajstić information content (AvgIpc) is 2.37. The minimum absolute atomic E-state index is 0.295. The predicted octanol–water partition coefficient (Wildman–Crippen LogP) is 3.12. The molecule has 1 aromatic rings. The van der Waals surface area contributed by atoms with E-state index in [1.54, 1.807) is 6.07 Å². The van der Waals surface area contributed by atoms with Crippen molar-refractivity contribution >= 4 is 31.9 Å². The second-order valence-corrected chi connectivity index (χ2v) is 6.51. The lowest BCUT2D eigenvalue weighted by Gasteiger charge is -2.31. The molecule has 0 bridgehead atoms. The Kier molecular flexibility index (Phi) is 5.06. The maximum atomic E-state index is 9.93. The van der Waals surface area contributed by atoms with Gasteiger partial charge in [0, 0.05) is 27.7 Å². The van der Waals surface area contributed by atoms with Crippen molar-refractivity contribution in [3.05, 3.63) is 26.6 Å². The zero-order valence-electron chi connectivity index (χ0n) is 10.1. The van der Waals surface area contributed by atoms with Gasteiger partial charge in [0.05, 0.1) is 0 Å². The van der Waals surface area contributed by atoms with Crippen LogP contribution in [0.15, 0.2) is 21.1 Å². The molecule has 5 heteroatoms. The topological polar surface area (TPSA) is 43.7 Å². The summed E-state index contributed by atoms with van der Waals surface area (Å²) in [6.07, 6.45) is 2.07. The molecule has 3 nitrogen and oxygen atoms in total. The van der Waals surface area contributed by atoms with Crippen LogP contribution in [0.25, 0.3) is 0 Å². The molecule has 1 aromatic carbocycles. The normalized spacial score (nSPS) is 18.2. The molecule has 2 rings (SSSR count). The first-order chi connectivity index (χ1) is 8.60. The Bertz CT molecular complexity index is 418. The molecule has 1 heterocycles. The maximum Gasteiger partial charge on any atom is 0.121 e. The highest BCUT2D eigenvalue weighted by molar-refractivity contribution is 9.13. The summed E-state index contributed by atoms with van der Waals surface area (Å²) in [6.45, 7) is 3.02. The summed E-state index contributed by atoms with van der Waals surface area (Å²) in [5, 5.41) is 19.0. The van der Waals surface area contributed by atoms with E-state index in [0.29, 0.717) is 18.3 Å². The number of hydrogen-bond donors (Lipinski definition) is 2. The first-order valence-electron chi connectivity index (χ1n) is 6.10. The quantitative estimate of drug-likeness (QED) is 0.849. The molecular formula is C13H17Br2NO2. The van der Waals surface area contributed by atoms with Crippen LogP contribution < -0.4 is 0 Å². The van der Waals surface area contributed by atoms with Crippen LogP contribution in [-0.2, 0) is 6.54 Å². The summed E-state index contributed by atoms with van der Waals surface area (Å²) in [6, 6.07) is 3.68. The Morgan fingerprint density at radius 2 is 1.78 bits per heavy atom. The minimum Gasteiger partial charge on any atom is -0.508 e. The van der Waals surface area contributed by atoms with Gasteiger partial charge in [-0.15, -0.1) is 0 Å². The van der Waals surface area contributed by atoms with Gasteiger partial charge in [-0.3, -0.25) is 4.90 Å². The van der Waals surface area contributed by atoms with Gasteiger partial charge in [-0.1, -0.05) is 0 Å². The molecule has 0 unspecified atom stereocenters. The summed E-state index contributed by atoms with van der Waals surface area (Å²) in [5.74, 6) is 0.779. The lowest BCUT2D eigenvalue weighted by Crippen LogP contribution is -2.34. The van der Waals surface area contributed by atoms with Gasteiger partial charge in [0.15, 0.2) is 0 Å². The van der Waals surface area contributed by atoms with Gasteiger partial charge in [0.1, 0.15) is 5.75 Å². The Labute approximate surface area is 124 Å². The minimum atomic E-state index is 0.295. The van der Waals surface area contributed by atoms with Gasteiger partial charge in [-0.25, -0.2) is 0 Å². The number of hydrogen-bond acceptors (Lipinski definition) is 3. The number of benzene rings is 1. The van der Waals surface area contributed by atoms with Gasteiger partial charge < -0.3 is 10.2 Å². The molecule has 0 saturated carbocycles. The second kappa shape index (κ2) is 6.37. The van der Waals surface area contributed by atoms with Crippen LogP contribution in [-0.4, -0.2) is 34.8 Å². The fraction of sp³-hybridized carbons (Fsp3) is 0.538. The van der Waals surface area contributed by atoms with E-state index in [0.717, 1.165) is 47.0 Å². The van der Waals surface area contributed by atoms with E-state index in [-0.39, 0.29) is 0 Å². The number of halogens is 2. The number of piperidine rings is 1. The highest BCUT2D eigenvalue weighted by atomic mass is 79.9. The van der Waals surface area contributed by atoms with E-state index in [4.69, 9.17) is 5.11 Å². The summed E-state index contributed by atoms with van der Waals surface area (Å²) in [4.78, 5) is 2.32. The van der Waals surface area contributed by atoms with E-state index in [1.165, 1.54) is 0 Å². The van der Waals surface area contributed by atoms with Crippen molar-refractivity contribution in [1.82, 2.24) is 4.90 Å². The van der Waals surface area contributed by atoms with E-state index in [1.807, 2.05) is 6.07 Å². The molecule has 0 amide bonds. The SMILES string of the molecule is OCC1CCN(Cc2cc(Br)c(Br)cc2O)CC1. The summed E-state index contributed by atoms with van der Waals surface area (Å²) in [5.41, 5.74) is 0.938. The lowest BCUT2D eigenvalue weighted by atomic mass is 9.97. The Morgan fingerprint density at radius 3 is 2.39 bits per heavy atom. The van der Waals surface area contributed by atoms with Crippen LogP contribution >= 0.6 is 31.9 Å².